The second-order valence-corrected chi connectivity index (χ2v) is 5.16. The Kier molecular flexibility index (Phi) is 4.19. The number of amides is 1. The predicted molar refractivity (Wildman–Crippen MR) is 87.3 cm³/mol. The molecule has 1 heterocycles. The Balaban J connectivity index is 1.76. The lowest BCUT2D eigenvalue weighted by molar-refractivity contribution is 0.102. The maximum atomic E-state index is 12.9. The van der Waals surface area contributed by atoms with Crippen LogP contribution in [0.25, 0.3) is 5.69 Å². The number of rotatable bonds is 4. The SMILES string of the molecule is CCc1cccc(NC(=O)c2cnn(-c3ccc(F)cc3)c2)c1. The minimum Gasteiger partial charge on any atom is -0.322 e. The van der Waals surface area contributed by atoms with Crippen LogP contribution in [0.15, 0.2) is 60.9 Å². The number of hydrogen-bond donors (Lipinski definition) is 1. The minimum atomic E-state index is -0.310. The number of halogens is 1. The summed E-state index contributed by atoms with van der Waals surface area (Å²) in [6.45, 7) is 2.06. The van der Waals surface area contributed by atoms with Crippen LogP contribution < -0.4 is 5.32 Å². The van der Waals surface area contributed by atoms with Gasteiger partial charge in [-0.2, -0.15) is 5.10 Å². The Morgan fingerprint density at radius 1 is 1.22 bits per heavy atom. The second-order valence-electron chi connectivity index (χ2n) is 5.16. The highest BCUT2D eigenvalue weighted by Crippen LogP contribution is 2.14. The quantitative estimate of drug-likeness (QED) is 0.796. The van der Waals surface area contributed by atoms with Crippen LogP contribution in [0.3, 0.4) is 0 Å². The number of hydrogen-bond acceptors (Lipinski definition) is 2. The first-order valence-corrected chi connectivity index (χ1v) is 7.36. The van der Waals surface area contributed by atoms with Crippen molar-refractivity contribution in [2.24, 2.45) is 0 Å². The first-order chi connectivity index (χ1) is 11.2. The fourth-order valence-electron chi connectivity index (χ4n) is 2.25. The van der Waals surface area contributed by atoms with Gasteiger partial charge in [-0.1, -0.05) is 19.1 Å². The summed E-state index contributed by atoms with van der Waals surface area (Å²) in [4.78, 5) is 12.3. The van der Waals surface area contributed by atoms with Crippen LogP contribution in [0.4, 0.5) is 10.1 Å². The van der Waals surface area contributed by atoms with Crippen molar-refractivity contribution in [1.29, 1.82) is 0 Å². The van der Waals surface area contributed by atoms with Gasteiger partial charge in [-0.05, 0) is 48.4 Å². The Morgan fingerprint density at radius 3 is 2.74 bits per heavy atom. The van der Waals surface area contributed by atoms with Crippen LogP contribution in [-0.4, -0.2) is 15.7 Å². The largest absolute Gasteiger partial charge is 0.322 e. The molecule has 116 valence electrons. The third-order valence-electron chi connectivity index (χ3n) is 3.53. The second kappa shape index (κ2) is 6.44. The van der Waals surface area contributed by atoms with E-state index in [9.17, 15) is 9.18 Å². The number of aryl methyl sites for hydroxylation is 1. The minimum absolute atomic E-state index is 0.230. The summed E-state index contributed by atoms with van der Waals surface area (Å²) in [5, 5.41) is 7.00. The molecule has 0 aliphatic heterocycles. The molecule has 3 aromatic rings. The average molecular weight is 309 g/mol. The Bertz CT molecular complexity index is 824. The Labute approximate surface area is 133 Å². The molecule has 0 radical (unpaired) electrons. The van der Waals surface area contributed by atoms with Crippen molar-refractivity contribution < 1.29 is 9.18 Å². The van der Waals surface area contributed by atoms with E-state index in [1.807, 2.05) is 24.3 Å². The summed E-state index contributed by atoms with van der Waals surface area (Å²) in [7, 11) is 0. The van der Waals surface area contributed by atoms with Crippen molar-refractivity contribution in [2.75, 3.05) is 5.32 Å². The zero-order valence-electron chi connectivity index (χ0n) is 12.7. The van der Waals surface area contributed by atoms with Gasteiger partial charge in [0.25, 0.3) is 5.91 Å². The fraction of sp³-hybridized carbons (Fsp3) is 0.111. The van der Waals surface area contributed by atoms with Crippen LogP contribution in [0.2, 0.25) is 0 Å². The molecular formula is C18H16FN3O. The van der Waals surface area contributed by atoms with Crippen molar-refractivity contribution in [3.05, 3.63) is 77.9 Å². The maximum absolute atomic E-state index is 12.9. The molecule has 0 saturated carbocycles. The van der Waals surface area contributed by atoms with Gasteiger partial charge < -0.3 is 5.32 Å². The van der Waals surface area contributed by atoms with E-state index in [0.29, 0.717) is 11.3 Å². The van der Waals surface area contributed by atoms with Crippen molar-refractivity contribution in [2.45, 2.75) is 13.3 Å². The fourth-order valence-corrected chi connectivity index (χ4v) is 2.25. The van der Waals surface area contributed by atoms with Crippen LogP contribution in [0, 0.1) is 5.82 Å². The van der Waals surface area contributed by atoms with Gasteiger partial charge in [-0.25, -0.2) is 9.07 Å². The molecule has 0 aliphatic carbocycles. The molecule has 4 nitrogen and oxygen atoms in total. The molecular weight excluding hydrogens is 293 g/mol. The highest BCUT2D eigenvalue weighted by atomic mass is 19.1. The highest BCUT2D eigenvalue weighted by Gasteiger charge is 2.10. The molecule has 0 fully saturated rings. The average Bonchev–Trinajstić information content (AvgIpc) is 3.06. The maximum Gasteiger partial charge on any atom is 0.258 e. The number of aromatic nitrogens is 2. The molecule has 3 rings (SSSR count). The predicted octanol–water partition coefficient (Wildman–Crippen LogP) is 3.83. The first kappa shape index (κ1) is 15.0. The molecule has 0 saturated heterocycles. The molecule has 0 spiro atoms. The zero-order valence-corrected chi connectivity index (χ0v) is 12.7. The number of nitrogens with one attached hydrogen (secondary N) is 1. The summed E-state index contributed by atoms with van der Waals surface area (Å²) >= 11 is 0. The normalized spacial score (nSPS) is 10.5. The summed E-state index contributed by atoms with van der Waals surface area (Å²) < 4.78 is 14.5. The number of anilines is 1. The Hall–Kier alpha value is -2.95. The summed E-state index contributed by atoms with van der Waals surface area (Å²) in [5.41, 5.74) is 3.04. The van der Waals surface area contributed by atoms with Gasteiger partial charge in [-0.3, -0.25) is 4.79 Å². The smallest absolute Gasteiger partial charge is 0.258 e. The molecule has 0 aliphatic rings. The summed E-state index contributed by atoms with van der Waals surface area (Å²) in [6.07, 6.45) is 4.01. The zero-order chi connectivity index (χ0) is 16.2. The number of benzene rings is 2. The van der Waals surface area contributed by atoms with Gasteiger partial charge in [0.05, 0.1) is 17.4 Å². The van der Waals surface area contributed by atoms with E-state index in [-0.39, 0.29) is 11.7 Å². The number of carbonyl (C=O) groups excluding carboxylic acids is 1. The van der Waals surface area contributed by atoms with Gasteiger partial charge in [0.2, 0.25) is 0 Å². The molecule has 1 N–H and O–H groups in total. The van der Waals surface area contributed by atoms with Crippen LogP contribution in [-0.2, 0) is 6.42 Å². The van der Waals surface area contributed by atoms with E-state index in [1.54, 1.807) is 18.3 Å². The monoisotopic (exact) mass is 309 g/mol. The van der Waals surface area contributed by atoms with E-state index in [0.717, 1.165) is 17.7 Å². The number of carbonyl (C=O) groups is 1. The van der Waals surface area contributed by atoms with Crippen molar-refractivity contribution in [1.82, 2.24) is 9.78 Å². The van der Waals surface area contributed by atoms with E-state index in [4.69, 9.17) is 0 Å². The molecule has 0 unspecified atom stereocenters. The van der Waals surface area contributed by atoms with Gasteiger partial charge in [0.15, 0.2) is 0 Å². The third-order valence-corrected chi connectivity index (χ3v) is 3.53. The van der Waals surface area contributed by atoms with Gasteiger partial charge in [-0.15, -0.1) is 0 Å². The van der Waals surface area contributed by atoms with E-state index in [2.05, 4.69) is 17.3 Å². The molecule has 0 atom stereocenters. The molecule has 1 aromatic heterocycles. The van der Waals surface area contributed by atoms with Crippen molar-refractivity contribution in [3.8, 4) is 5.69 Å². The molecule has 0 bridgehead atoms. The van der Waals surface area contributed by atoms with Gasteiger partial charge >= 0.3 is 0 Å². The molecule has 1 amide bonds. The van der Waals surface area contributed by atoms with Gasteiger partial charge in [0.1, 0.15) is 5.82 Å². The first-order valence-electron chi connectivity index (χ1n) is 7.36. The molecule has 2 aromatic carbocycles. The van der Waals surface area contributed by atoms with E-state index >= 15 is 0 Å². The molecule has 5 heteroatoms. The lowest BCUT2D eigenvalue weighted by atomic mass is 10.1. The Morgan fingerprint density at radius 2 is 2.00 bits per heavy atom. The van der Waals surface area contributed by atoms with Crippen molar-refractivity contribution in [3.63, 3.8) is 0 Å². The van der Waals surface area contributed by atoms with E-state index in [1.165, 1.54) is 23.0 Å². The summed E-state index contributed by atoms with van der Waals surface area (Å²) in [5.74, 6) is -0.540. The highest BCUT2D eigenvalue weighted by molar-refractivity contribution is 6.04. The summed E-state index contributed by atoms with van der Waals surface area (Å²) in [6, 6.07) is 13.6. The molecule has 23 heavy (non-hydrogen) atoms. The standard InChI is InChI=1S/C18H16FN3O/c1-2-13-4-3-5-16(10-13)21-18(23)14-11-20-22(12-14)17-8-6-15(19)7-9-17/h3-12H,2H2,1H3,(H,21,23). The van der Waals surface area contributed by atoms with Crippen molar-refractivity contribution >= 4 is 11.6 Å². The lowest BCUT2D eigenvalue weighted by Crippen LogP contribution is -2.11. The van der Waals surface area contributed by atoms with Crippen LogP contribution in [0.5, 0.6) is 0 Å². The third kappa shape index (κ3) is 3.45. The van der Waals surface area contributed by atoms with E-state index < -0.39 is 0 Å². The van der Waals surface area contributed by atoms with Crippen LogP contribution >= 0.6 is 0 Å². The van der Waals surface area contributed by atoms with Crippen LogP contribution in [0.1, 0.15) is 22.8 Å². The lowest BCUT2D eigenvalue weighted by Gasteiger charge is -2.05. The van der Waals surface area contributed by atoms with Gasteiger partial charge in [0, 0.05) is 11.9 Å². The topological polar surface area (TPSA) is 46.9 Å². The number of nitrogens with zero attached hydrogens (tertiary/aromatic N) is 2.